The van der Waals surface area contributed by atoms with E-state index in [0.717, 1.165) is 36.9 Å². The number of benzene rings is 2. The van der Waals surface area contributed by atoms with Crippen molar-refractivity contribution in [3.8, 4) is 5.75 Å². The van der Waals surface area contributed by atoms with E-state index in [0.29, 0.717) is 33.2 Å². The summed E-state index contributed by atoms with van der Waals surface area (Å²) in [5.41, 5.74) is 2.64. The van der Waals surface area contributed by atoms with Gasteiger partial charge in [0.1, 0.15) is 22.7 Å². The number of fused-ring (bicyclic) bond motifs is 3. The Morgan fingerprint density at radius 1 is 1.15 bits per heavy atom. The Kier molecular flexibility index (Phi) is 5.77. The molecule has 33 heavy (non-hydrogen) atoms. The number of nitrogens with zero attached hydrogens (tertiary/aromatic N) is 2. The topological polar surface area (TPSA) is 75.8 Å². The number of rotatable bonds is 5. The number of aromatic hydroxyl groups is 1. The summed E-state index contributed by atoms with van der Waals surface area (Å²) in [5.74, 6) is 0.223. The van der Waals surface area contributed by atoms with E-state index in [1.165, 1.54) is 6.42 Å². The monoisotopic (exact) mass is 444 g/mol. The minimum atomic E-state index is -0.437. The molecule has 6 nitrogen and oxygen atoms in total. The minimum absolute atomic E-state index is 0.170. The number of ether oxygens (including phenoxy) is 1. The Labute approximate surface area is 192 Å². The van der Waals surface area contributed by atoms with Crippen LogP contribution in [-0.2, 0) is 4.74 Å². The molecule has 1 fully saturated rings. The molecule has 0 aliphatic carbocycles. The smallest absolute Gasteiger partial charge is 0.342 e. The molecule has 0 radical (unpaired) electrons. The van der Waals surface area contributed by atoms with Crippen LogP contribution in [0.1, 0.15) is 59.5 Å². The van der Waals surface area contributed by atoms with Crippen LogP contribution in [0, 0.1) is 6.92 Å². The standard InChI is InChI=1S/C27H28N2O4/c1-3-32-27(31)21-17(2)33-26-20-12-6-5-11-19(20)25(30)23(22(21)26)24(18-10-9-13-28-16-18)29-14-7-4-8-15-29/h5-6,9-13,16,24,30H,3-4,7-8,14-15H2,1-2H3/t24-/m1/s1. The Morgan fingerprint density at radius 3 is 2.61 bits per heavy atom. The van der Waals surface area contributed by atoms with E-state index in [2.05, 4.69) is 9.88 Å². The number of carbonyl (C=O) groups is 1. The van der Waals surface area contributed by atoms with Crippen LogP contribution in [0.2, 0.25) is 0 Å². The lowest BCUT2D eigenvalue weighted by atomic mass is 9.88. The highest BCUT2D eigenvalue weighted by atomic mass is 16.5. The highest BCUT2D eigenvalue weighted by Crippen LogP contribution is 2.47. The first kappa shape index (κ1) is 21.5. The van der Waals surface area contributed by atoms with Gasteiger partial charge in [-0.1, -0.05) is 36.8 Å². The first-order valence-electron chi connectivity index (χ1n) is 11.6. The molecule has 3 heterocycles. The Hall–Kier alpha value is -3.38. The number of piperidine rings is 1. The number of aromatic nitrogens is 1. The van der Waals surface area contributed by atoms with E-state index in [1.54, 1.807) is 20.0 Å². The van der Waals surface area contributed by atoms with E-state index in [9.17, 15) is 9.90 Å². The fraction of sp³-hybridized carbons (Fsp3) is 0.333. The molecular weight excluding hydrogens is 416 g/mol. The van der Waals surface area contributed by atoms with Crippen molar-refractivity contribution in [2.24, 2.45) is 0 Å². The van der Waals surface area contributed by atoms with E-state index in [1.807, 2.05) is 42.6 Å². The van der Waals surface area contributed by atoms with Gasteiger partial charge in [0.15, 0.2) is 0 Å². The Morgan fingerprint density at radius 2 is 1.91 bits per heavy atom. The number of phenolic OH excluding ortho intramolecular Hbond substituents is 1. The Bertz CT molecular complexity index is 1310. The van der Waals surface area contributed by atoms with Gasteiger partial charge in [-0.2, -0.15) is 0 Å². The van der Waals surface area contributed by atoms with Crippen LogP contribution in [0.4, 0.5) is 0 Å². The normalized spacial score (nSPS) is 15.7. The highest BCUT2D eigenvalue weighted by molar-refractivity contribution is 6.16. The van der Waals surface area contributed by atoms with Gasteiger partial charge in [0.05, 0.1) is 12.6 Å². The second-order valence-electron chi connectivity index (χ2n) is 8.55. The quantitative estimate of drug-likeness (QED) is 0.395. The largest absolute Gasteiger partial charge is 0.507 e. The SMILES string of the molecule is CCOC(=O)c1c(C)oc2c1c([C@@H](c1cccnc1)N1CCCCC1)c(O)c1ccccc12. The number of esters is 1. The number of furan rings is 1. The molecule has 6 heteroatoms. The lowest BCUT2D eigenvalue weighted by molar-refractivity contribution is 0.0526. The van der Waals surface area contributed by atoms with Gasteiger partial charge in [-0.25, -0.2) is 4.79 Å². The maximum absolute atomic E-state index is 13.1. The predicted molar refractivity (Wildman–Crippen MR) is 128 cm³/mol. The van der Waals surface area contributed by atoms with Gasteiger partial charge in [-0.05, 0) is 51.4 Å². The summed E-state index contributed by atoms with van der Waals surface area (Å²) in [7, 11) is 0. The van der Waals surface area contributed by atoms with Crippen LogP contribution in [-0.4, -0.2) is 40.7 Å². The molecule has 0 unspecified atom stereocenters. The fourth-order valence-corrected chi connectivity index (χ4v) is 5.13. The molecule has 1 aliphatic heterocycles. The van der Waals surface area contributed by atoms with Gasteiger partial charge < -0.3 is 14.3 Å². The number of likely N-dealkylation sites (tertiary alicyclic amines) is 1. The maximum atomic E-state index is 13.1. The third-order valence-electron chi connectivity index (χ3n) is 6.54. The van der Waals surface area contributed by atoms with E-state index < -0.39 is 5.97 Å². The molecule has 0 bridgehead atoms. The van der Waals surface area contributed by atoms with Crippen molar-refractivity contribution in [3.63, 3.8) is 0 Å². The van der Waals surface area contributed by atoms with Crippen LogP contribution < -0.4 is 0 Å². The third-order valence-corrected chi connectivity index (χ3v) is 6.54. The van der Waals surface area contributed by atoms with Crippen molar-refractivity contribution in [2.75, 3.05) is 19.7 Å². The molecule has 1 saturated heterocycles. The van der Waals surface area contributed by atoms with E-state index >= 15 is 0 Å². The molecule has 1 N–H and O–H groups in total. The van der Waals surface area contributed by atoms with Gasteiger partial charge in [0, 0.05) is 34.1 Å². The number of hydrogen-bond acceptors (Lipinski definition) is 6. The van der Waals surface area contributed by atoms with Gasteiger partial charge >= 0.3 is 5.97 Å². The maximum Gasteiger partial charge on any atom is 0.342 e. The summed E-state index contributed by atoms with van der Waals surface area (Å²) in [6.07, 6.45) is 6.95. The van der Waals surface area contributed by atoms with E-state index in [4.69, 9.17) is 9.15 Å². The summed E-state index contributed by atoms with van der Waals surface area (Å²) in [4.78, 5) is 19.8. The van der Waals surface area contributed by atoms with Crippen LogP contribution in [0.3, 0.4) is 0 Å². The molecule has 1 atom stereocenters. The summed E-state index contributed by atoms with van der Waals surface area (Å²) < 4.78 is 11.6. The molecule has 2 aromatic carbocycles. The molecule has 4 aromatic rings. The van der Waals surface area contributed by atoms with Gasteiger partial charge in [-0.3, -0.25) is 9.88 Å². The number of pyridine rings is 1. The zero-order chi connectivity index (χ0) is 22.9. The molecule has 170 valence electrons. The summed E-state index contributed by atoms with van der Waals surface area (Å²) in [6, 6.07) is 11.3. The number of hydrogen-bond donors (Lipinski definition) is 1. The van der Waals surface area contributed by atoms with Crippen LogP contribution >= 0.6 is 0 Å². The molecule has 2 aromatic heterocycles. The fourth-order valence-electron chi connectivity index (χ4n) is 5.13. The summed E-state index contributed by atoms with van der Waals surface area (Å²) in [5, 5.41) is 13.8. The second kappa shape index (κ2) is 8.87. The number of phenols is 1. The van der Waals surface area contributed by atoms with Crippen LogP contribution in [0.5, 0.6) is 5.75 Å². The van der Waals surface area contributed by atoms with Crippen molar-refractivity contribution in [2.45, 2.75) is 39.2 Å². The van der Waals surface area contributed by atoms with Gasteiger partial charge in [-0.15, -0.1) is 0 Å². The summed E-state index contributed by atoms with van der Waals surface area (Å²) >= 11 is 0. The molecule has 0 spiro atoms. The first-order chi connectivity index (χ1) is 16.1. The Balaban J connectivity index is 1.89. The molecular formula is C27H28N2O4. The average molecular weight is 445 g/mol. The van der Waals surface area contributed by atoms with Crippen molar-refractivity contribution in [3.05, 3.63) is 71.2 Å². The molecule has 0 amide bonds. The lowest BCUT2D eigenvalue weighted by Crippen LogP contribution is -2.34. The average Bonchev–Trinajstić information content (AvgIpc) is 3.20. The van der Waals surface area contributed by atoms with Crippen molar-refractivity contribution >= 4 is 27.7 Å². The summed E-state index contributed by atoms with van der Waals surface area (Å²) in [6.45, 7) is 5.63. The number of carbonyl (C=O) groups excluding carboxylic acids is 1. The number of aryl methyl sites for hydroxylation is 1. The van der Waals surface area contributed by atoms with E-state index in [-0.39, 0.29) is 18.4 Å². The van der Waals surface area contributed by atoms with Crippen molar-refractivity contribution < 1.29 is 19.1 Å². The lowest BCUT2D eigenvalue weighted by Gasteiger charge is -2.36. The first-order valence-corrected chi connectivity index (χ1v) is 11.6. The predicted octanol–water partition coefficient (Wildman–Crippen LogP) is 5.75. The van der Waals surface area contributed by atoms with Crippen LogP contribution in [0.15, 0.2) is 53.2 Å². The molecule has 0 saturated carbocycles. The van der Waals surface area contributed by atoms with Gasteiger partial charge in [0.25, 0.3) is 0 Å². The van der Waals surface area contributed by atoms with Crippen molar-refractivity contribution in [1.29, 1.82) is 0 Å². The van der Waals surface area contributed by atoms with Gasteiger partial charge in [0.2, 0.25) is 0 Å². The molecule has 5 rings (SSSR count). The third kappa shape index (κ3) is 3.64. The van der Waals surface area contributed by atoms with Crippen molar-refractivity contribution in [1.82, 2.24) is 9.88 Å². The molecule has 1 aliphatic rings. The van der Waals surface area contributed by atoms with Crippen LogP contribution in [0.25, 0.3) is 21.7 Å². The zero-order valence-electron chi connectivity index (χ0n) is 19.0. The second-order valence-corrected chi connectivity index (χ2v) is 8.55. The minimum Gasteiger partial charge on any atom is -0.507 e. The highest BCUT2D eigenvalue weighted by Gasteiger charge is 2.34. The zero-order valence-corrected chi connectivity index (χ0v) is 19.0.